The van der Waals surface area contributed by atoms with Crippen molar-refractivity contribution in [3.63, 3.8) is 0 Å². The maximum Gasteiger partial charge on any atom is 0.224 e. The number of carbonyl (C=O) groups is 1. The molecule has 0 aliphatic rings. The molecule has 2 aromatic heterocycles. The zero-order valence-electron chi connectivity index (χ0n) is 17.5. The summed E-state index contributed by atoms with van der Waals surface area (Å²) >= 11 is 0. The van der Waals surface area contributed by atoms with Crippen molar-refractivity contribution in [2.45, 2.75) is 13.3 Å². The minimum absolute atomic E-state index is 0.175. The molecule has 0 aliphatic carbocycles. The number of amides is 1. The molecule has 5 aromatic rings. The number of rotatable bonds is 5. The average Bonchev–Trinajstić information content (AvgIpc) is 3.48. The topological polar surface area (TPSA) is 77.6 Å². The Labute approximate surface area is 187 Å². The van der Waals surface area contributed by atoms with E-state index in [1.54, 1.807) is 42.5 Å². The summed E-state index contributed by atoms with van der Waals surface area (Å²) in [6.07, 6.45) is 5.00. The maximum absolute atomic E-state index is 14.5. The molecule has 0 bridgehead atoms. The second kappa shape index (κ2) is 8.27. The number of hydrogen-bond acceptors (Lipinski definition) is 4. The molecule has 0 aliphatic heterocycles. The van der Waals surface area contributed by atoms with Crippen LogP contribution in [0.4, 0.5) is 14.5 Å². The quantitative estimate of drug-likeness (QED) is 0.418. The van der Waals surface area contributed by atoms with Gasteiger partial charge < -0.3 is 5.32 Å². The van der Waals surface area contributed by atoms with Crippen molar-refractivity contribution in [1.82, 2.24) is 24.3 Å². The third-order valence-corrected chi connectivity index (χ3v) is 5.26. The molecule has 2 heterocycles. The standard InChI is InChI=1S/C24H18F2N6O/c1-2-24(33)30-17-7-15(20-5-3-16(25)9-21(20)26)8-19(10-17)31-14-28-22-11-18(4-6-23(22)31)32-13-27-12-29-32/h3-14H,2H2,1H3,(H,30,33). The number of benzene rings is 3. The number of aromatic nitrogens is 5. The third-order valence-electron chi connectivity index (χ3n) is 5.26. The lowest BCUT2D eigenvalue weighted by molar-refractivity contribution is -0.115. The van der Waals surface area contributed by atoms with Crippen LogP contribution in [0, 0.1) is 11.6 Å². The van der Waals surface area contributed by atoms with Crippen LogP contribution in [0.1, 0.15) is 13.3 Å². The van der Waals surface area contributed by atoms with Crippen molar-refractivity contribution in [2.24, 2.45) is 0 Å². The van der Waals surface area contributed by atoms with Crippen LogP contribution in [-0.4, -0.2) is 30.2 Å². The molecular weight excluding hydrogens is 426 g/mol. The molecule has 0 atom stereocenters. The van der Waals surface area contributed by atoms with Gasteiger partial charge in [0.15, 0.2) is 0 Å². The second-order valence-electron chi connectivity index (χ2n) is 7.42. The van der Waals surface area contributed by atoms with Crippen LogP contribution < -0.4 is 5.32 Å². The number of hydrogen-bond donors (Lipinski definition) is 1. The Morgan fingerprint density at radius 2 is 1.88 bits per heavy atom. The van der Waals surface area contributed by atoms with Gasteiger partial charge in [-0.25, -0.2) is 23.4 Å². The van der Waals surface area contributed by atoms with E-state index >= 15 is 0 Å². The predicted octanol–water partition coefficient (Wildman–Crippen LogP) is 4.90. The maximum atomic E-state index is 14.5. The number of fused-ring (bicyclic) bond motifs is 1. The van der Waals surface area contributed by atoms with Crippen LogP contribution in [0.3, 0.4) is 0 Å². The Bertz CT molecular complexity index is 1480. The SMILES string of the molecule is CCC(=O)Nc1cc(-c2ccc(F)cc2F)cc(-n2cnc3cc(-n4cncn4)ccc32)c1. The summed E-state index contributed by atoms with van der Waals surface area (Å²) in [6.45, 7) is 1.75. The number of carbonyl (C=O) groups excluding carboxylic acids is 1. The molecule has 33 heavy (non-hydrogen) atoms. The molecule has 0 fully saturated rings. The summed E-state index contributed by atoms with van der Waals surface area (Å²) in [4.78, 5) is 20.5. The van der Waals surface area contributed by atoms with E-state index in [9.17, 15) is 13.6 Å². The molecule has 0 saturated heterocycles. The fourth-order valence-electron chi connectivity index (χ4n) is 3.64. The normalized spacial score (nSPS) is 11.1. The zero-order chi connectivity index (χ0) is 22.9. The molecular formula is C24H18F2N6O. The fourth-order valence-corrected chi connectivity index (χ4v) is 3.64. The van der Waals surface area contributed by atoms with Gasteiger partial charge in [0.1, 0.15) is 30.6 Å². The van der Waals surface area contributed by atoms with Crippen molar-refractivity contribution in [1.29, 1.82) is 0 Å². The average molecular weight is 444 g/mol. The first kappa shape index (κ1) is 20.5. The second-order valence-corrected chi connectivity index (χ2v) is 7.42. The van der Waals surface area contributed by atoms with Crippen molar-refractivity contribution >= 4 is 22.6 Å². The molecule has 1 N–H and O–H groups in total. The van der Waals surface area contributed by atoms with Gasteiger partial charge in [-0.1, -0.05) is 6.92 Å². The van der Waals surface area contributed by atoms with E-state index in [1.165, 1.54) is 18.5 Å². The molecule has 0 unspecified atom stereocenters. The monoisotopic (exact) mass is 444 g/mol. The van der Waals surface area contributed by atoms with Crippen molar-refractivity contribution in [2.75, 3.05) is 5.32 Å². The summed E-state index contributed by atoms with van der Waals surface area (Å²) in [5.74, 6) is -1.52. The number of imidazole rings is 1. The van der Waals surface area contributed by atoms with Crippen molar-refractivity contribution in [3.8, 4) is 22.5 Å². The summed E-state index contributed by atoms with van der Waals surface area (Å²) in [7, 11) is 0. The van der Waals surface area contributed by atoms with E-state index in [4.69, 9.17) is 0 Å². The first-order chi connectivity index (χ1) is 16.0. The summed E-state index contributed by atoms with van der Waals surface area (Å²) < 4.78 is 31.5. The minimum atomic E-state index is -0.687. The van der Waals surface area contributed by atoms with Gasteiger partial charge in [0, 0.05) is 29.4 Å². The Hall–Kier alpha value is -4.40. The third kappa shape index (κ3) is 3.96. The van der Waals surface area contributed by atoms with Gasteiger partial charge in [-0.05, 0) is 54.1 Å². The van der Waals surface area contributed by atoms with Gasteiger partial charge in [0.05, 0.1) is 16.7 Å². The van der Waals surface area contributed by atoms with E-state index in [-0.39, 0.29) is 11.5 Å². The van der Waals surface area contributed by atoms with Crippen LogP contribution in [0.25, 0.3) is 33.5 Å². The van der Waals surface area contributed by atoms with E-state index < -0.39 is 11.6 Å². The molecule has 5 rings (SSSR count). The van der Waals surface area contributed by atoms with Crippen LogP contribution >= 0.6 is 0 Å². The van der Waals surface area contributed by atoms with Gasteiger partial charge in [0.2, 0.25) is 5.91 Å². The zero-order valence-corrected chi connectivity index (χ0v) is 17.5. The Morgan fingerprint density at radius 1 is 1.00 bits per heavy atom. The summed E-state index contributed by atoms with van der Waals surface area (Å²) in [5.41, 5.74) is 4.23. The van der Waals surface area contributed by atoms with E-state index in [1.807, 2.05) is 22.8 Å². The Morgan fingerprint density at radius 3 is 2.64 bits per heavy atom. The predicted molar refractivity (Wildman–Crippen MR) is 120 cm³/mol. The van der Waals surface area contributed by atoms with Gasteiger partial charge in [-0.3, -0.25) is 9.36 Å². The first-order valence-corrected chi connectivity index (χ1v) is 10.2. The fraction of sp³-hybridized carbons (Fsp3) is 0.0833. The molecule has 3 aromatic carbocycles. The minimum Gasteiger partial charge on any atom is -0.326 e. The number of halogens is 2. The van der Waals surface area contributed by atoms with E-state index in [0.717, 1.165) is 22.8 Å². The van der Waals surface area contributed by atoms with Gasteiger partial charge in [-0.2, -0.15) is 5.10 Å². The lowest BCUT2D eigenvalue weighted by Crippen LogP contribution is -2.10. The molecule has 7 nitrogen and oxygen atoms in total. The highest BCUT2D eigenvalue weighted by atomic mass is 19.1. The number of anilines is 1. The summed E-state index contributed by atoms with van der Waals surface area (Å²) in [5, 5.41) is 6.96. The van der Waals surface area contributed by atoms with Gasteiger partial charge in [-0.15, -0.1) is 0 Å². The van der Waals surface area contributed by atoms with Crippen LogP contribution in [0.2, 0.25) is 0 Å². The molecule has 1 amide bonds. The van der Waals surface area contributed by atoms with Gasteiger partial charge >= 0.3 is 0 Å². The Kier molecular flexibility index (Phi) is 5.14. The molecule has 0 saturated carbocycles. The number of nitrogens with zero attached hydrogens (tertiary/aromatic N) is 5. The highest BCUT2D eigenvalue weighted by molar-refractivity contribution is 5.92. The highest BCUT2D eigenvalue weighted by Crippen LogP contribution is 2.31. The van der Waals surface area contributed by atoms with Crippen LogP contribution in [0.5, 0.6) is 0 Å². The smallest absolute Gasteiger partial charge is 0.224 e. The molecule has 0 spiro atoms. The van der Waals surface area contributed by atoms with Crippen LogP contribution in [-0.2, 0) is 4.79 Å². The van der Waals surface area contributed by atoms with Crippen LogP contribution in [0.15, 0.2) is 73.6 Å². The first-order valence-electron chi connectivity index (χ1n) is 10.2. The van der Waals surface area contributed by atoms with Crippen molar-refractivity contribution < 1.29 is 13.6 Å². The largest absolute Gasteiger partial charge is 0.326 e. The number of nitrogens with one attached hydrogen (secondary N) is 1. The lowest BCUT2D eigenvalue weighted by atomic mass is 10.0. The van der Waals surface area contributed by atoms with E-state index in [0.29, 0.717) is 23.4 Å². The molecule has 0 radical (unpaired) electrons. The van der Waals surface area contributed by atoms with Crippen molar-refractivity contribution in [3.05, 3.63) is 85.2 Å². The molecule has 9 heteroatoms. The van der Waals surface area contributed by atoms with E-state index in [2.05, 4.69) is 20.4 Å². The Balaban J connectivity index is 1.64. The molecule has 164 valence electrons. The van der Waals surface area contributed by atoms with Gasteiger partial charge in [0.25, 0.3) is 0 Å². The summed E-state index contributed by atoms with van der Waals surface area (Å²) in [6, 6.07) is 14.3. The highest BCUT2D eigenvalue weighted by Gasteiger charge is 2.13. The lowest BCUT2D eigenvalue weighted by Gasteiger charge is -2.13.